The van der Waals surface area contributed by atoms with Crippen LogP contribution in [0.5, 0.6) is 0 Å². The van der Waals surface area contributed by atoms with Crippen LogP contribution in [0.3, 0.4) is 0 Å². The van der Waals surface area contributed by atoms with Crippen molar-refractivity contribution in [3.05, 3.63) is 23.8 Å². The molecule has 3 atom stereocenters. The van der Waals surface area contributed by atoms with Gasteiger partial charge in [0.25, 0.3) is 0 Å². The third-order valence-corrected chi connectivity index (χ3v) is 6.41. The van der Waals surface area contributed by atoms with Gasteiger partial charge in [-0.1, -0.05) is 25.2 Å². The summed E-state index contributed by atoms with van der Waals surface area (Å²) in [5.41, 5.74) is 1.60. The molecule has 0 bridgehead atoms. The van der Waals surface area contributed by atoms with Crippen LogP contribution in [-0.4, -0.2) is 16.1 Å². The van der Waals surface area contributed by atoms with Gasteiger partial charge in [0, 0.05) is 11.5 Å². The largest absolute Gasteiger partial charge is 0.142 e. The molecule has 0 N–H and O–H groups in total. The molecule has 2 heteroatoms. The molecule has 1 aliphatic heterocycles. The van der Waals surface area contributed by atoms with Crippen molar-refractivity contribution in [2.24, 2.45) is 17.8 Å². The highest BCUT2D eigenvalue weighted by molar-refractivity contribution is 8.20. The zero-order valence-corrected chi connectivity index (χ0v) is 9.41. The van der Waals surface area contributed by atoms with E-state index in [4.69, 9.17) is 0 Å². The Balaban J connectivity index is 1.78. The van der Waals surface area contributed by atoms with Gasteiger partial charge < -0.3 is 0 Å². The molecular formula is C11H14S2. The van der Waals surface area contributed by atoms with Crippen LogP contribution in [0.25, 0.3) is 0 Å². The molecule has 0 amide bonds. The highest BCUT2D eigenvalue weighted by atomic mass is 32.2. The summed E-state index contributed by atoms with van der Waals surface area (Å²) < 4.78 is 0.755. The monoisotopic (exact) mass is 210 g/mol. The molecule has 2 fully saturated rings. The molecule has 0 nitrogen and oxygen atoms in total. The molecule has 13 heavy (non-hydrogen) atoms. The zero-order valence-electron chi connectivity index (χ0n) is 7.77. The lowest BCUT2D eigenvalue weighted by molar-refractivity contribution is 0.884. The lowest BCUT2D eigenvalue weighted by Crippen LogP contribution is -1.98. The first-order chi connectivity index (χ1) is 6.36. The second-order valence-electron chi connectivity index (χ2n) is 4.11. The van der Waals surface area contributed by atoms with Gasteiger partial charge in [-0.2, -0.15) is 0 Å². The third-order valence-electron chi connectivity index (χ3n) is 3.31. The number of rotatable bonds is 1. The second-order valence-corrected chi connectivity index (χ2v) is 6.84. The number of hydrogen-bond donors (Lipinski definition) is 0. The maximum absolute atomic E-state index is 2.53. The number of thioether (sulfide) groups is 2. The normalized spacial score (nSPS) is 43.2. The van der Waals surface area contributed by atoms with Gasteiger partial charge in [-0.25, -0.2) is 0 Å². The molecule has 3 aliphatic rings. The summed E-state index contributed by atoms with van der Waals surface area (Å²) in [6.07, 6.45) is 7.34. The van der Waals surface area contributed by atoms with E-state index in [1.807, 2.05) is 0 Å². The molecule has 3 rings (SSSR count). The first kappa shape index (κ1) is 8.49. The molecule has 3 unspecified atom stereocenters. The fraction of sp³-hybridized carbons (Fsp3) is 0.636. The van der Waals surface area contributed by atoms with Crippen molar-refractivity contribution in [1.82, 2.24) is 0 Å². The van der Waals surface area contributed by atoms with Gasteiger partial charge in [-0.15, -0.1) is 23.5 Å². The van der Waals surface area contributed by atoms with E-state index in [0.29, 0.717) is 0 Å². The van der Waals surface area contributed by atoms with Gasteiger partial charge in [-0.05, 0) is 23.3 Å². The van der Waals surface area contributed by atoms with Crippen LogP contribution < -0.4 is 0 Å². The predicted molar refractivity (Wildman–Crippen MR) is 62.1 cm³/mol. The van der Waals surface area contributed by atoms with E-state index in [9.17, 15) is 0 Å². The van der Waals surface area contributed by atoms with E-state index < -0.39 is 0 Å². The first-order valence-corrected chi connectivity index (χ1v) is 7.09. The van der Waals surface area contributed by atoms with Crippen molar-refractivity contribution < 1.29 is 0 Å². The summed E-state index contributed by atoms with van der Waals surface area (Å²) in [6, 6.07) is 0. The van der Waals surface area contributed by atoms with Gasteiger partial charge in [0.15, 0.2) is 0 Å². The minimum absolute atomic E-state index is 0.755. The summed E-state index contributed by atoms with van der Waals surface area (Å²) in [5.74, 6) is 5.38. The molecular weight excluding hydrogens is 196 g/mol. The van der Waals surface area contributed by atoms with Gasteiger partial charge in [0.05, 0.1) is 4.58 Å². The van der Waals surface area contributed by atoms with Crippen molar-refractivity contribution in [2.75, 3.05) is 11.5 Å². The molecule has 0 aromatic heterocycles. The van der Waals surface area contributed by atoms with Gasteiger partial charge in [-0.3, -0.25) is 0 Å². The molecule has 0 aromatic rings. The topological polar surface area (TPSA) is 0 Å². The van der Waals surface area contributed by atoms with Crippen molar-refractivity contribution in [3.63, 3.8) is 0 Å². The van der Waals surface area contributed by atoms with Crippen LogP contribution in [0.2, 0.25) is 0 Å². The zero-order chi connectivity index (χ0) is 8.84. The van der Waals surface area contributed by atoms with E-state index in [1.165, 1.54) is 11.5 Å². The molecule has 0 radical (unpaired) electrons. The number of fused-ring (bicyclic) bond motifs is 1. The van der Waals surface area contributed by atoms with Gasteiger partial charge >= 0.3 is 0 Å². The van der Waals surface area contributed by atoms with Crippen LogP contribution in [0.4, 0.5) is 0 Å². The molecule has 1 heterocycles. The maximum atomic E-state index is 2.53. The summed E-state index contributed by atoms with van der Waals surface area (Å²) in [6.45, 7) is 2.37. The van der Waals surface area contributed by atoms with Crippen molar-refractivity contribution in [2.45, 2.75) is 11.5 Å². The van der Waals surface area contributed by atoms with E-state index in [0.717, 1.165) is 22.3 Å². The SMILES string of the molecule is CC1C2C=CC(C3SCCS3)=CC12. The van der Waals surface area contributed by atoms with Crippen LogP contribution in [0, 0.1) is 17.8 Å². The van der Waals surface area contributed by atoms with Crippen molar-refractivity contribution in [3.8, 4) is 0 Å². The lowest BCUT2D eigenvalue weighted by atomic mass is 10.1. The summed E-state index contributed by atoms with van der Waals surface area (Å²) in [4.78, 5) is 0. The molecule has 1 saturated carbocycles. The van der Waals surface area contributed by atoms with E-state index in [2.05, 4.69) is 48.7 Å². The Bertz CT molecular complexity index is 274. The van der Waals surface area contributed by atoms with Gasteiger partial charge in [0.1, 0.15) is 0 Å². The van der Waals surface area contributed by atoms with Crippen molar-refractivity contribution in [1.29, 1.82) is 0 Å². The minimum atomic E-state index is 0.755. The summed E-state index contributed by atoms with van der Waals surface area (Å²) in [7, 11) is 0. The van der Waals surface area contributed by atoms with Gasteiger partial charge in [0.2, 0.25) is 0 Å². The standard InChI is InChI=1S/C11H14S2/c1-7-9-3-2-8(6-10(7)9)11-12-4-5-13-11/h2-3,6-7,9-11H,4-5H2,1H3. The molecule has 70 valence electrons. The molecule has 2 aliphatic carbocycles. The quantitative estimate of drug-likeness (QED) is 0.652. The highest BCUT2D eigenvalue weighted by Gasteiger charge is 2.45. The first-order valence-electron chi connectivity index (χ1n) is 4.99. The van der Waals surface area contributed by atoms with Crippen LogP contribution in [-0.2, 0) is 0 Å². The summed E-state index contributed by atoms with van der Waals surface area (Å²) >= 11 is 4.23. The van der Waals surface area contributed by atoms with E-state index >= 15 is 0 Å². The molecule has 0 aromatic carbocycles. The Morgan fingerprint density at radius 3 is 2.69 bits per heavy atom. The average Bonchev–Trinajstić information content (AvgIpc) is 2.67. The van der Waals surface area contributed by atoms with E-state index in [1.54, 1.807) is 5.57 Å². The van der Waals surface area contributed by atoms with Crippen molar-refractivity contribution >= 4 is 23.5 Å². The Labute approximate surface area is 88.2 Å². The Morgan fingerprint density at radius 1 is 1.23 bits per heavy atom. The minimum Gasteiger partial charge on any atom is -0.142 e. The Hall–Kier alpha value is 0.180. The smallest absolute Gasteiger partial charge is 0.0748 e. The second kappa shape index (κ2) is 3.09. The fourth-order valence-electron chi connectivity index (χ4n) is 2.30. The predicted octanol–water partition coefficient (Wildman–Crippen LogP) is 3.17. The molecule has 1 saturated heterocycles. The van der Waals surface area contributed by atoms with Crippen LogP contribution >= 0.6 is 23.5 Å². The number of allylic oxidation sites excluding steroid dienone is 3. The maximum Gasteiger partial charge on any atom is 0.0748 e. The molecule has 0 spiro atoms. The number of hydrogen-bond acceptors (Lipinski definition) is 2. The third kappa shape index (κ3) is 1.39. The lowest BCUT2D eigenvalue weighted by Gasteiger charge is -2.11. The summed E-state index contributed by atoms with van der Waals surface area (Å²) in [5, 5.41) is 0. The van der Waals surface area contributed by atoms with Crippen LogP contribution in [0.15, 0.2) is 23.8 Å². The highest BCUT2D eigenvalue weighted by Crippen LogP contribution is 2.52. The average molecular weight is 210 g/mol. The Morgan fingerprint density at radius 2 is 2.00 bits per heavy atom. The fourth-order valence-corrected chi connectivity index (χ4v) is 5.16. The Kier molecular flexibility index (Phi) is 2.02. The van der Waals surface area contributed by atoms with E-state index in [-0.39, 0.29) is 0 Å². The van der Waals surface area contributed by atoms with Crippen LogP contribution in [0.1, 0.15) is 6.92 Å².